The van der Waals surface area contributed by atoms with Gasteiger partial charge in [0.2, 0.25) is 0 Å². The third-order valence-electron chi connectivity index (χ3n) is 2.64. The summed E-state index contributed by atoms with van der Waals surface area (Å²) in [6, 6.07) is 0. The molecule has 1 rings (SSSR count). The Hall–Kier alpha value is -1.15. The molecule has 0 aliphatic heterocycles. The third kappa shape index (κ3) is 1.25. The first-order chi connectivity index (χ1) is 5.63. The van der Waals surface area contributed by atoms with Crippen molar-refractivity contribution in [1.29, 1.82) is 0 Å². The van der Waals surface area contributed by atoms with Gasteiger partial charge in [-0.1, -0.05) is 13.8 Å². The molecule has 4 heteroatoms. The molecule has 0 aromatic heterocycles. The molecule has 0 N–H and O–H groups in total. The van der Waals surface area contributed by atoms with E-state index in [1.807, 2.05) is 13.8 Å². The minimum atomic E-state index is -0.529. The summed E-state index contributed by atoms with van der Waals surface area (Å²) >= 11 is 0. The smallest absolute Gasteiger partial charge is 0.416 e. The summed E-state index contributed by atoms with van der Waals surface area (Å²) in [5.74, 6) is 0.367. The number of hydrogen-bond donors (Lipinski definition) is 0. The molecule has 0 bridgehead atoms. The molecule has 0 heterocycles. The second-order valence-corrected chi connectivity index (χ2v) is 3.22. The van der Waals surface area contributed by atoms with Crippen molar-refractivity contribution in [3.8, 4) is 0 Å². The molecular formula is C8H12N2O2. The van der Waals surface area contributed by atoms with E-state index in [0.717, 1.165) is 0 Å². The Morgan fingerprint density at radius 3 is 2.17 bits per heavy atom. The van der Waals surface area contributed by atoms with Gasteiger partial charge in [0, 0.05) is 0 Å². The molecular weight excluding hydrogens is 156 g/mol. The number of methoxy groups -OCH3 is 1. The summed E-state index contributed by atoms with van der Waals surface area (Å²) in [5.41, 5.74) is 8.71. The van der Waals surface area contributed by atoms with Gasteiger partial charge >= 0.3 is 11.7 Å². The lowest BCUT2D eigenvalue weighted by Crippen LogP contribution is -2.20. The van der Waals surface area contributed by atoms with Crippen molar-refractivity contribution in [3.63, 3.8) is 0 Å². The van der Waals surface area contributed by atoms with E-state index in [1.54, 1.807) is 0 Å². The summed E-state index contributed by atoms with van der Waals surface area (Å²) in [6.07, 6.45) is 0. The zero-order valence-corrected chi connectivity index (χ0v) is 7.44. The summed E-state index contributed by atoms with van der Waals surface area (Å²) in [7, 11) is 1.28. The van der Waals surface area contributed by atoms with Gasteiger partial charge in [0.05, 0.1) is 13.0 Å². The second kappa shape index (κ2) is 3.07. The lowest BCUT2D eigenvalue weighted by atomic mass is 10.2. The van der Waals surface area contributed by atoms with Crippen LogP contribution in [0.1, 0.15) is 13.8 Å². The Balaban J connectivity index is 2.73. The van der Waals surface area contributed by atoms with E-state index in [2.05, 4.69) is 9.53 Å². The molecule has 0 aromatic rings. The van der Waals surface area contributed by atoms with E-state index in [-0.39, 0.29) is 11.6 Å². The predicted molar refractivity (Wildman–Crippen MR) is 42.5 cm³/mol. The van der Waals surface area contributed by atoms with Gasteiger partial charge in [-0.2, -0.15) is 4.79 Å². The van der Waals surface area contributed by atoms with E-state index >= 15 is 0 Å². The summed E-state index contributed by atoms with van der Waals surface area (Å²) < 4.78 is 4.47. The van der Waals surface area contributed by atoms with Gasteiger partial charge in [0.25, 0.3) is 0 Å². The SMILES string of the molecule is COC(=O)C(=[N+]=[N-])C1[C@@H](C)[C@H]1C. The average Bonchev–Trinajstić information content (AvgIpc) is 2.63. The Morgan fingerprint density at radius 1 is 1.42 bits per heavy atom. The van der Waals surface area contributed by atoms with Gasteiger partial charge in [-0.25, -0.2) is 4.79 Å². The lowest BCUT2D eigenvalue weighted by Gasteiger charge is -1.90. The van der Waals surface area contributed by atoms with Crippen LogP contribution in [-0.2, 0) is 9.53 Å². The first-order valence-corrected chi connectivity index (χ1v) is 3.93. The number of nitrogens with zero attached hydrogens (tertiary/aromatic N) is 2. The first kappa shape index (κ1) is 8.94. The highest BCUT2D eigenvalue weighted by atomic mass is 16.5. The zero-order chi connectivity index (χ0) is 9.30. The monoisotopic (exact) mass is 168 g/mol. The summed E-state index contributed by atoms with van der Waals surface area (Å²) in [6.45, 7) is 4.03. The number of esters is 1. The first-order valence-electron chi connectivity index (χ1n) is 3.93. The molecule has 1 saturated carbocycles. The fourth-order valence-corrected chi connectivity index (χ4v) is 1.51. The Labute approximate surface area is 71.1 Å². The molecule has 1 aliphatic carbocycles. The van der Waals surface area contributed by atoms with Crippen LogP contribution in [0.15, 0.2) is 0 Å². The van der Waals surface area contributed by atoms with Crippen molar-refractivity contribution in [3.05, 3.63) is 5.53 Å². The van der Waals surface area contributed by atoms with E-state index in [9.17, 15) is 4.79 Å². The highest BCUT2D eigenvalue weighted by molar-refractivity contribution is 6.35. The van der Waals surface area contributed by atoms with Crippen LogP contribution < -0.4 is 0 Å². The van der Waals surface area contributed by atoms with Crippen LogP contribution in [0, 0.1) is 17.8 Å². The quantitative estimate of drug-likeness (QED) is 0.264. The molecule has 1 aliphatic rings. The zero-order valence-electron chi connectivity index (χ0n) is 7.44. The van der Waals surface area contributed by atoms with E-state index < -0.39 is 5.97 Å². The van der Waals surface area contributed by atoms with Crippen LogP contribution in [0.4, 0.5) is 0 Å². The average molecular weight is 168 g/mol. The normalized spacial score (nSPS) is 32.1. The van der Waals surface area contributed by atoms with Crippen LogP contribution in [0.2, 0.25) is 0 Å². The minimum absolute atomic E-state index is 0.0717. The van der Waals surface area contributed by atoms with Gasteiger partial charge in [-0.15, -0.1) is 0 Å². The number of carbonyl (C=O) groups excluding carboxylic acids is 1. The standard InChI is InChI=1S/C8H12N2O2/c1-4-5(2)6(4)7(10-9)8(11)12-3/h4-6H,1-3H3/t4-,5+,6?. The highest BCUT2D eigenvalue weighted by Gasteiger charge is 2.54. The number of carbonyl (C=O) groups is 1. The van der Waals surface area contributed by atoms with Crippen molar-refractivity contribution >= 4 is 11.7 Å². The Morgan fingerprint density at radius 2 is 1.92 bits per heavy atom. The fraction of sp³-hybridized carbons (Fsp3) is 0.750. The third-order valence-corrected chi connectivity index (χ3v) is 2.64. The van der Waals surface area contributed by atoms with Gasteiger partial charge in [0.15, 0.2) is 0 Å². The van der Waals surface area contributed by atoms with E-state index in [1.165, 1.54) is 7.11 Å². The van der Waals surface area contributed by atoms with Crippen LogP contribution in [0.25, 0.3) is 5.53 Å². The summed E-state index contributed by atoms with van der Waals surface area (Å²) in [4.78, 5) is 14.0. The van der Waals surface area contributed by atoms with Crippen LogP contribution in [-0.4, -0.2) is 23.6 Å². The highest BCUT2D eigenvalue weighted by Crippen LogP contribution is 2.45. The maximum absolute atomic E-state index is 11.0. The number of rotatable bonds is 2. The molecule has 0 radical (unpaired) electrons. The summed E-state index contributed by atoms with van der Waals surface area (Å²) in [5, 5.41) is 0. The van der Waals surface area contributed by atoms with Gasteiger partial charge < -0.3 is 10.3 Å². The van der Waals surface area contributed by atoms with E-state index in [4.69, 9.17) is 5.53 Å². The number of hydrogen-bond acceptors (Lipinski definition) is 2. The van der Waals surface area contributed by atoms with Crippen molar-refractivity contribution in [1.82, 2.24) is 0 Å². The molecule has 1 unspecified atom stereocenters. The Kier molecular flexibility index (Phi) is 2.29. The molecule has 12 heavy (non-hydrogen) atoms. The molecule has 1 fully saturated rings. The maximum Gasteiger partial charge on any atom is 0.416 e. The van der Waals surface area contributed by atoms with E-state index in [0.29, 0.717) is 11.8 Å². The topological polar surface area (TPSA) is 62.7 Å². The molecule has 3 atom stereocenters. The van der Waals surface area contributed by atoms with Gasteiger partial charge in [-0.05, 0) is 11.8 Å². The molecule has 4 nitrogen and oxygen atoms in total. The lowest BCUT2D eigenvalue weighted by molar-refractivity contribution is -0.138. The molecule has 0 saturated heterocycles. The minimum Gasteiger partial charge on any atom is -0.460 e. The van der Waals surface area contributed by atoms with Crippen molar-refractivity contribution < 1.29 is 14.3 Å². The van der Waals surface area contributed by atoms with Crippen molar-refractivity contribution in [2.45, 2.75) is 13.8 Å². The van der Waals surface area contributed by atoms with Crippen molar-refractivity contribution in [2.75, 3.05) is 7.11 Å². The predicted octanol–water partition coefficient (Wildman–Crippen LogP) is 0.732. The Bertz CT molecular complexity index is 248. The molecule has 0 spiro atoms. The van der Waals surface area contributed by atoms with Crippen molar-refractivity contribution in [2.24, 2.45) is 17.8 Å². The molecule has 0 amide bonds. The second-order valence-electron chi connectivity index (χ2n) is 3.22. The van der Waals surface area contributed by atoms with Gasteiger partial charge in [0.1, 0.15) is 0 Å². The van der Waals surface area contributed by atoms with Crippen LogP contribution in [0.3, 0.4) is 0 Å². The van der Waals surface area contributed by atoms with Gasteiger partial charge in [-0.3, -0.25) is 0 Å². The molecule has 66 valence electrons. The fourth-order valence-electron chi connectivity index (χ4n) is 1.51. The van der Waals surface area contributed by atoms with Crippen LogP contribution >= 0.6 is 0 Å². The molecule has 0 aromatic carbocycles. The maximum atomic E-state index is 11.0. The van der Waals surface area contributed by atoms with Crippen LogP contribution in [0.5, 0.6) is 0 Å². The number of ether oxygens (including phenoxy) is 1. The largest absolute Gasteiger partial charge is 0.460 e.